The number of nitrogens with zero attached hydrogens (tertiary/aromatic N) is 1. The molecule has 5 nitrogen and oxygen atoms in total. The molecule has 1 aliphatic heterocycles. The summed E-state index contributed by atoms with van der Waals surface area (Å²) in [5.41, 5.74) is 1.53. The van der Waals surface area contributed by atoms with E-state index in [0.29, 0.717) is 24.8 Å². The summed E-state index contributed by atoms with van der Waals surface area (Å²) in [5, 5.41) is 8.94. The van der Waals surface area contributed by atoms with E-state index in [0.717, 1.165) is 5.56 Å². The van der Waals surface area contributed by atoms with Crippen LogP contribution in [0.1, 0.15) is 43.2 Å². The topological polar surface area (TPSA) is 74.7 Å². The molecule has 1 aliphatic rings. The van der Waals surface area contributed by atoms with Gasteiger partial charge in [-0.25, -0.2) is 0 Å². The first kappa shape index (κ1) is 14.2. The van der Waals surface area contributed by atoms with E-state index in [1.165, 1.54) is 4.90 Å². The average molecular weight is 275 g/mol. The molecular formula is C15H17NO4. The van der Waals surface area contributed by atoms with Crippen LogP contribution in [0.25, 0.3) is 0 Å². The largest absolute Gasteiger partial charge is 0.481 e. The van der Waals surface area contributed by atoms with Gasteiger partial charge in [-0.3, -0.25) is 19.3 Å². The number of carbonyl (C=O) groups excluding carboxylic acids is 2. The molecule has 1 fully saturated rings. The van der Waals surface area contributed by atoms with Gasteiger partial charge in [-0.1, -0.05) is 24.3 Å². The predicted octanol–water partition coefficient (Wildman–Crippen LogP) is 1.91. The van der Waals surface area contributed by atoms with Crippen molar-refractivity contribution in [2.24, 2.45) is 0 Å². The van der Waals surface area contributed by atoms with Crippen LogP contribution in [0.5, 0.6) is 0 Å². The molecule has 106 valence electrons. The first-order valence-corrected chi connectivity index (χ1v) is 6.64. The predicted molar refractivity (Wildman–Crippen MR) is 71.9 cm³/mol. The van der Waals surface area contributed by atoms with Crippen molar-refractivity contribution in [2.75, 3.05) is 0 Å². The fraction of sp³-hybridized carbons (Fsp3) is 0.400. The Bertz CT molecular complexity index is 519. The number of likely N-dealkylation sites (tertiary alicyclic amines) is 1. The summed E-state index contributed by atoms with van der Waals surface area (Å²) in [4.78, 5) is 35.6. The Hall–Kier alpha value is -2.17. The van der Waals surface area contributed by atoms with Crippen LogP contribution in [-0.2, 0) is 20.9 Å². The Labute approximate surface area is 117 Å². The fourth-order valence-electron chi connectivity index (χ4n) is 2.21. The Balaban J connectivity index is 2.09. The third kappa shape index (κ3) is 3.04. The highest BCUT2D eigenvalue weighted by Gasteiger charge is 2.25. The lowest BCUT2D eigenvalue weighted by Gasteiger charge is -2.25. The van der Waals surface area contributed by atoms with Gasteiger partial charge in [-0.05, 0) is 24.5 Å². The van der Waals surface area contributed by atoms with E-state index in [-0.39, 0.29) is 18.4 Å². The number of hydrogen-bond donors (Lipinski definition) is 1. The van der Waals surface area contributed by atoms with Gasteiger partial charge in [-0.15, -0.1) is 0 Å². The molecule has 1 atom stereocenters. The number of rotatable bonds is 4. The van der Waals surface area contributed by atoms with E-state index in [4.69, 9.17) is 5.11 Å². The van der Waals surface area contributed by atoms with Gasteiger partial charge in [0, 0.05) is 12.8 Å². The van der Waals surface area contributed by atoms with Crippen LogP contribution in [0.3, 0.4) is 0 Å². The van der Waals surface area contributed by atoms with Gasteiger partial charge >= 0.3 is 5.97 Å². The second kappa shape index (κ2) is 5.86. The van der Waals surface area contributed by atoms with E-state index in [1.54, 1.807) is 31.2 Å². The van der Waals surface area contributed by atoms with Gasteiger partial charge < -0.3 is 5.11 Å². The van der Waals surface area contributed by atoms with Crippen LogP contribution in [0.15, 0.2) is 24.3 Å². The summed E-state index contributed by atoms with van der Waals surface area (Å²) < 4.78 is 0. The van der Waals surface area contributed by atoms with Crippen LogP contribution in [0, 0.1) is 0 Å². The maximum Gasteiger partial charge on any atom is 0.310 e. The lowest BCUT2D eigenvalue weighted by Crippen LogP contribution is -2.39. The molecule has 1 heterocycles. The van der Waals surface area contributed by atoms with E-state index in [2.05, 4.69) is 0 Å². The number of amides is 2. The molecular weight excluding hydrogens is 258 g/mol. The third-order valence-corrected chi connectivity index (χ3v) is 3.57. The van der Waals surface area contributed by atoms with Crippen molar-refractivity contribution < 1.29 is 19.5 Å². The van der Waals surface area contributed by atoms with Gasteiger partial charge in [0.15, 0.2) is 0 Å². The molecule has 20 heavy (non-hydrogen) atoms. The molecule has 5 heteroatoms. The molecule has 0 saturated carbocycles. The first-order valence-electron chi connectivity index (χ1n) is 6.64. The zero-order valence-electron chi connectivity index (χ0n) is 11.3. The van der Waals surface area contributed by atoms with Crippen LogP contribution in [0.2, 0.25) is 0 Å². The van der Waals surface area contributed by atoms with Gasteiger partial charge in [0.1, 0.15) is 0 Å². The van der Waals surface area contributed by atoms with E-state index >= 15 is 0 Å². The number of hydrogen-bond acceptors (Lipinski definition) is 3. The van der Waals surface area contributed by atoms with Crippen LogP contribution in [0.4, 0.5) is 0 Å². The molecule has 1 N–H and O–H groups in total. The number of carbonyl (C=O) groups is 3. The summed E-state index contributed by atoms with van der Waals surface area (Å²) in [5.74, 6) is -1.71. The van der Waals surface area contributed by atoms with Crippen molar-refractivity contribution in [1.82, 2.24) is 4.90 Å². The van der Waals surface area contributed by atoms with E-state index < -0.39 is 11.9 Å². The normalized spacial score (nSPS) is 17.1. The standard InChI is InChI=1S/C15H17NO4/c1-10(15(19)20)12-7-5-11(6-8-12)9-16-13(17)3-2-4-14(16)18/h5-8,10H,2-4,9H2,1H3,(H,19,20). The monoisotopic (exact) mass is 275 g/mol. The minimum Gasteiger partial charge on any atom is -0.481 e. The van der Waals surface area contributed by atoms with Crippen molar-refractivity contribution in [3.05, 3.63) is 35.4 Å². The fourth-order valence-corrected chi connectivity index (χ4v) is 2.21. The SMILES string of the molecule is CC(C(=O)O)c1ccc(CN2C(=O)CCCC2=O)cc1. The molecule has 2 rings (SSSR count). The Kier molecular flexibility index (Phi) is 4.17. The summed E-state index contributed by atoms with van der Waals surface area (Å²) in [6.45, 7) is 1.88. The number of piperidine rings is 1. The summed E-state index contributed by atoms with van der Waals surface area (Å²) in [6.07, 6.45) is 1.46. The Morgan fingerprint density at radius 3 is 2.25 bits per heavy atom. The molecule has 1 saturated heterocycles. The van der Waals surface area contributed by atoms with Crippen molar-refractivity contribution in [3.8, 4) is 0 Å². The van der Waals surface area contributed by atoms with Crippen molar-refractivity contribution in [2.45, 2.75) is 38.6 Å². The molecule has 1 aromatic rings. The minimum atomic E-state index is -0.876. The highest BCUT2D eigenvalue weighted by Crippen LogP contribution is 2.19. The van der Waals surface area contributed by atoms with Gasteiger partial charge in [0.05, 0.1) is 12.5 Å². The maximum atomic E-state index is 11.7. The van der Waals surface area contributed by atoms with Crippen molar-refractivity contribution >= 4 is 17.8 Å². The lowest BCUT2D eigenvalue weighted by molar-refractivity contribution is -0.148. The highest BCUT2D eigenvalue weighted by atomic mass is 16.4. The van der Waals surface area contributed by atoms with Crippen molar-refractivity contribution in [1.29, 1.82) is 0 Å². The smallest absolute Gasteiger partial charge is 0.310 e. The van der Waals surface area contributed by atoms with Crippen LogP contribution >= 0.6 is 0 Å². The number of aliphatic carboxylic acids is 1. The molecule has 0 bridgehead atoms. The number of imide groups is 1. The number of carboxylic acid groups (broad SMARTS) is 1. The average Bonchev–Trinajstić information content (AvgIpc) is 2.43. The Morgan fingerprint density at radius 2 is 1.75 bits per heavy atom. The molecule has 2 amide bonds. The highest BCUT2D eigenvalue weighted by molar-refractivity contribution is 5.97. The zero-order valence-corrected chi connectivity index (χ0v) is 11.3. The molecule has 0 aliphatic carbocycles. The molecule has 1 aromatic carbocycles. The third-order valence-electron chi connectivity index (χ3n) is 3.57. The molecule has 0 radical (unpaired) electrons. The van der Waals surface area contributed by atoms with Crippen molar-refractivity contribution in [3.63, 3.8) is 0 Å². The number of benzene rings is 1. The molecule has 0 spiro atoms. The van der Waals surface area contributed by atoms with Gasteiger partial charge in [-0.2, -0.15) is 0 Å². The second-order valence-corrected chi connectivity index (χ2v) is 5.03. The Morgan fingerprint density at radius 1 is 1.20 bits per heavy atom. The molecule has 1 unspecified atom stereocenters. The quantitative estimate of drug-likeness (QED) is 0.852. The molecule has 0 aromatic heterocycles. The summed E-state index contributed by atoms with van der Waals surface area (Å²) >= 11 is 0. The van der Waals surface area contributed by atoms with E-state index in [9.17, 15) is 14.4 Å². The lowest BCUT2D eigenvalue weighted by atomic mass is 9.99. The first-order chi connectivity index (χ1) is 9.49. The number of carboxylic acids is 1. The van der Waals surface area contributed by atoms with E-state index in [1.807, 2.05) is 0 Å². The van der Waals surface area contributed by atoms with Gasteiger partial charge in [0.2, 0.25) is 11.8 Å². The minimum absolute atomic E-state index is 0.135. The second-order valence-electron chi connectivity index (χ2n) is 5.03. The maximum absolute atomic E-state index is 11.7. The summed E-state index contributed by atoms with van der Waals surface area (Å²) in [7, 11) is 0. The summed E-state index contributed by atoms with van der Waals surface area (Å²) in [6, 6.07) is 6.99. The van der Waals surface area contributed by atoms with Crippen LogP contribution < -0.4 is 0 Å². The van der Waals surface area contributed by atoms with Gasteiger partial charge in [0.25, 0.3) is 0 Å². The van der Waals surface area contributed by atoms with Crippen LogP contribution in [-0.4, -0.2) is 27.8 Å². The zero-order chi connectivity index (χ0) is 14.7.